The average molecular weight is 410 g/mol. The molecule has 8 heteroatoms. The summed E-state index contributed by atoms with van der Waals surface area (Å²) in [5.41, 5.74) is 1.92. The van der Waals surface area contributed by atoms with Crippen molar-refractivity contribution in [2.45, 2.75) is 38.8 Å². The van der Waals surface area contributed by atoms with E-state index in [1.165, 1.54) is 0 Å². The number of rotatable bonds is 8. The van der Waals surface area contributed by atoms with Gasteiger partial charge in [0.15, 0.2) is 0 Å². The van der Waals surface area contributed by atoms with E-state index in [4.69, 9.17) is 9.47 Å². The largest absolute Gasteiger partial charge is 0.494 e. The molecule has 30 heavy (non-hydrogen) atoms. The molecule has 1 aliphatic heterocycles. The van der Waals surface area contributed by atoms with E-state index in [9.17, 15) is 9.59 Å². The van der Waals surface area contributed by atoms with Crippen LogP contribution in [0.5, 0.6) is 5.75 Å². The molecule has 0 bridgehead atoms. The molecule has 3 heterocycles. The summed E-state index contributed by atoms with van der Waals surface area (Å²) in [5, 5.41) is 7.38. The van der Waals surface area contributed by atoms with Crippen LogP contribution in [0.3, 0.4) is 0 Å². The summed E-state index contributed by atoms with van der Waals surface area (Å²) < 4.78 is 14.1. The summed E-state index contributed by atoms with van der Waals surface area (Å²) >= 11 is 0. The van der Waals surface area contributed by atoms with Gasteiger partial charge in [-0.3, -0.25) is 9.59 Å². The predicted octanol–water partition coefficient (Wildman–Crippen LogP) is 2.25. The molecule has 0 spiro atoms. The molecular weight excluding hydrogens is 384 g/mol. The SMILES string of the molecule is CCOc1ccc(-c2cc3c(=O)n(CCC(=O)NC[C@@H]4CCCO4)ccn3n2)cc1. The van der Waals surface area contributed by atoms with E-state index in [0.29, 0.717) is 30.9 Å². The minimum Gasteiger partial charge on any atom is -0.494 e. The maximum absolute atomic E-state index is 12.8. The highest BCUT2D eigenvalue weighted by atomic mass is 16.5. The van der Waals surface area contributed by atoms with Gasteiger partial charge in [-0.1, -0.05) is 0 Å². The summed E-state index contributed by atoms with van der Waals surface area (Å²) in [6, 6.07) is 9.38. The van der Waals surface area contributed by atoms with E-state index in [0.717, 1.165) is 30.8 Å². The number of fused-ring (bicyclic) bond motifs is 1. The Hall–Kier alpha value is -3.13. The summed E-state index contributed by atoms with van der Waals surface area (Å²) in [7, 11) is 0. The van der Waals surface area contributed by atoms with Crippen molar-refractivity contribution in [2.24, 2.45) is 0 Å². The first-order valence-corrected chi connectivity index (χ1v) is 10.3. The molecule has 3 aromatic rings. The van der Waals surface area contributed by atoms with Gasteiger partial charge in [-0.25, -0.2) is 4.52 Å². The zero-order chi connectivity index (χ0) is 20.9. The number of aromatic nitrogens is 3. The Morgan fingerprint density at radius 1 is 1.30 bits per heavy atom. The molecule has 1 aromatic carbocycles. The van der Waals surface area contributed by atoms with Gasteiger partial charge in [0.05, 0.1) is 18.4 Å². The van der Waals surface area contributed by atoms with E-state index < -0.39 is 0 Å². The van der Waals surface area contributed by atoms with E-state index in [1.54, 1.807) is 27.5 Å². The first-order chi connectivity index (χ1) is 14.6. The van der Waals surface area contributed by atoms with Gasteiger partial charge in [0.25, 0.3) is 5.56 Å². The number of carbonyl (C=O) groups is 1. The van der Waals surface area contributed by atoms with Gasteiger partial charge in [0.1, 0.15) is 11.3 Å². The Labute approximate surface area is 174 Å². The number of hydrogen-bond acceptors (Lipinski definition) is 5. The number of hydrogen-bond donors (Lipinski definition) is 1. The topological polar surface area (TPSA) is 86.9 Å². The van der Waals surface area contributed by atoms with Crippen LogP contribution in [0.25, 0.3) is 16.8 Å². The number of carbonyl (C=O) groups excluding carboxylic acids is 1. The van der Waals surface area contributed by atoms with Gasteiger partial charge >= 0.3 is 0 Å². The van der Waals surface area contributed by atoms with Gasteiger partial charge in [0.2, 0.25) is 5.91 Å². The predicted molar refractivity (Wildman–Crippen MR) is 113 cm³/mol. The Kier molecular flexibility index (Phi) is 6.13. The first-order valence-electron chi connectivity index (χ1n) is 10.3. The van der Waals surface area contributed by atoms with Crippen LogP contribution in [-0.2, 0) is 16.1 Å². The zero-order valence-corrected chi connectivity index (χ0v) is 17.0. The standard InChI is InChI=1S/C22H26N4O4/c1-2-29-17-7-5-16(6-8-17)19-14-20-22(28)25(11-12-26(20)24-19)10-9-21(27)23-15-18-4-3-13-30-18/h5-8,11-12,14,18H,2-4,9-10,13,15H2,1H3,(H,23,27)/t18-/m0/s1. The third-order valence-electron chi connectivity index (χ3n) is 5.20. The highest BCUT2D eigenvalue weighted by molar-refractivity contribution is 5.75. The molecule has 0 aliphatic carbocycles. The molecule has 1 N–H and O–H groups in total. The number of nitrogens with zero attached hydrogens (tertiary/aromatic N) is 3. The van der Waals surface area contributed by atoms with Gasteiger partial charge in [-0.15, -0.1) is 0 Å². The number of amides is 1. The molecule has 1 saturated heterocycles. The van der Waals surface area contributed by atoms with Crippen LogP contribution in [0.1, 0.15) is 26.2 Å². The van der Waals surface area contributed by atoms with Crippen molar-refractivity contribution in [3.8, 4) is 17.0 Å². The lowest BCUT2D eigenvalue weighted by Crippen LogP contribution is -2.33. The lowest BCUT2D eigenvalue weighted by Gasteiger charge is -2.11. The van der Waals surface area contributed by atoms with Gasteiger partial charge < -0.3 is 19.4 Å². The van der Waals surface area contributed by atoms with E-state index >= 15 is 0 Å². The van der Waals surface area contributed by atoms with Crippen molar-refractivity contribution < 1.29 is 14.3 Å². The number of aryl methyl sites for hydroxylation is 1. The number of ether oxygens (including phenoxy) is 2. The lowest BCUT2D eigenvalue weighted by molar-refractivity contribution is -0.121. The summed E-state index contributed by atoms with van der Waals surface area (Å²) in [6.45, 7) is 4.16. The molecule has 1 atom stereocenters. The molecule has 8 nitrogen and oxygen atoms in total. The Balaban J connectivity index is 1.43. The molecule has 1 aliphatic rings. The minimum atomic E-state index is -0.172. The fourth-order valence-electron chi connectivity index (χ4n) is 3.58. The molecule has 2 aromatic heterocycles. The number of benzene rings is 1. The zero-order valence-electron chi connectivity index (χ0n) is 17.0. The van der Waals surface area contributed by atoms with Crippen LogP contribution < -0.4 is 15.6 Å². The van der Waals surface area contributed by atoms with Crippen molar-refractivity contribution in [3.63, 3.8) is 0 Å². The molecule has 0 radical (unpaired) electrons. The van der Waals surface area contributed by atoms with E-state index in [1.807, 2.05) is 31.2 Å². The quantitative estimate of drug-likeness (QED) is 0.616. The van der Waals surface area contributed by atoms with Gasteiger partial charge in [-0.2, -0.15) is 5.10 Å². The fraction of sp³-hybridized carbons (Fsp3) is 0.409. The molecule has 4 rings (SSSR count). The van der Waals surface area contributed by atoms with Gasteiger partial charge in [0, 0.05) is 44.1 Å². The van der Waals surface area contributed by atoms with Crippen LogP contribution in [0.2, 0.25) is 0 Å². The van der Waals surface area contributed by atoms with Gasteiger partial charge in [-0.05, 0) is 50.1 Å². The minimum absolute atomic E-state index is 0.0825. The maximum atomic E-state index is 12.8. The highest BCUT2D eigenvalue weighted by Gasteiger charge is 2.16. The third-order valence-corrected chi connectivity index (χ3v) is 5.20. The smallest absolute Gasteiger partial charge is 0.276 e. The normalized spacial score (nSPS) is 16.1. The number of nitrogens with one attached hydrogen (secondary N) is 1. The third kappa shape index (κ3) is 4.54. The highest BCUT2D eigenvalue weighted by Crippen LogP contribution is 2.22. The van der Waals surface area contributed by atoms with E-state index in [2.05, 4.69) is 10.4 Å². The second-order valence-corrected chi connectivity index (χ2v) is 7.30. The van der Waals surface area contributed by atoms with E-state index in [-0.39, 0.29) is 24.0 Å². The second-order valence-electron chi connectivity index (χ2n) is 7.30. The summed E-state index contributed by atoms with van der Waals surface area (Å²) in [4.78, 5) is 24.9. The monoisotopic (exact) mass is 410 g/mol. The van der Waals surface area contributed by atoms with Crippen molar-refractivity contribution in [1.82, 2.24) is 19.5 Å². The van der Waals surface area contributed by atoms with Crippen LogP contribution >= 0.6 is 0 Å². The van der Waals surface area contributed by atoms with Crippen molar-refractivity contribution >= 4 is 11.4 Å². The van der Waals surface area contributed by atoms with Crippen molar-refractivity contribution in [2.75, 3.05) is 19.8 Å². The molecule has 0 unspecified atom stereocenters. The average Bonchev–Trinajstić information content (AvgIpc) is 3.43. The summed E-state index contributed by atoms with van der Waals surface area (Å²) in [6.07, 6.45) is 5.77. The van der Waals surface area contributed by atoms with Crippen molar-refractivity contribution in [3.05, 3.63) is 53.1 Å². The Morgan fingerprint density at radius 2 is 2.13 bits per heavy atom. The summed E-state index contributed by atoms with van der Waals surface area (Å²) in [5.74, 6) is 0.714. The lowest BCUT2D eigenvalue weighted by atomic mass is 10.1. The van der Waals surface area contributed by atoms with Crippen molar-refractivity contribution in [1.29, 1.82) is 0 Å². The van der Waals surface area contributed by atoms with Crippen LogP contribution in [-0.4, -0.2) is 46.0 Å². The first kappa shape index (κ1) is 20.2. The van der Waals surface area contributed by atoms with Crippen LogP contribution in [0.4, 0.5) is 0 Å². The Morgan fingerprint density at radius 3 is 2.87 bits per heavy atom. The Bertz CT molecular complexity index is 1060. The fourth-order valence-corrected chi connectivity index (χ4v) is 3.58. The van der Waals surface area contributed by atoms with Crippen LogP contribution in [0, 0.1) is 0 Å². The second kappa shape index (κ2) is 9.13. The molecule has 158 valence electrons. The molecular formula is C22H26N4O4. The molecule has 1 amide bonds. The van der Waals surface area contributed by atoms with Crippen LogP contribution in [0.15, 0.2) is 47.5 Å². The maximum Gasteiger partial charge on any atom is 0.276 e. The molecule has 1 fully saturated rings. The molecule has 0 saturated carbocycles.